The second-order valence-corrected chi connectivity index (χ2v) is 22.0. The first-order valence-electron chi connectivity index (χ1n) is 18.0. The van der Waals surface area contributed by atoms with Gasteiger partial charge >= 0.3 is 0 Å². The van der Waals surface area contributed by atoms with Gasteiger partial charge in [-0.05, 0) is 136 Å². The average Bonchev–Trinajstić information content (AvgIpc) is 3.01. The number of phenols is 1. The molecule has 0 spiro atoms. The van der Waals surface area contributed by atoms with Crippen LogP contribution in [0.1, 0.15) is 89.7 Å². The summed E-state index contributed by atoms with van der Waals surface area (Å²) in [6.07, 6.45) is 14.3. The summed E-state index contributed by atoms with van der Waals surface area (Å²) in [5.74, 6) is 4.29. The normalized spacial score (nSPS) is 30.2. The maximum Gasteiger partial charge on any atom is 0.224 e. The number of hydrogen-bond donors (Lipinski definition) is 4. The Hall–Kier alpha value is -2.38. The molecule has 7 rings (SSSR count). The summed E-state index contributed by atoms with van der Waals surface area (Å²) < 4.78 is 6.76. The molecule has 5 atom stereocenters. The standard InChI is InChI=1S/C37H55ClN6O2Si/c1-36(2,3)47(4,5)46-30-9-6-25(7-10-30)21-41-33-27-14-26-15-28(33)19-37(17-26,18-27)23-43-34-29(20-39)22-42-35(44-34)40-13-12-24-8-11-32(45)31(38)16-24/h8,11,16,22,25-28,30,33,41,45H,6-7,9-10,12-15,17-19,21,23H2,1-5H3,(H2,40,42,43,44)/t25?,26?,27-,28+,30?,33?,37?. The third kappa shape index (κ3) is 7.93. The molecule has 0 amide bonds. The van der Waals surface area contributed by atoms with Gasteiger partial charge in [-0.25, -0.2) is 4.98 Å². The Bertz CT molecular complexity index is 1430. The van der Waals surface area contributed by atoms with E-state index in [1.165, 1.54) is 57.8 Å². The molecule has 2 aromatic rings. The summed E-state index contributed by atoms with van der Waals surface area (Å²) in [5, 5.41) is 31.1. The molecule has 1 aromatic heterocycles. The van der Waals surface area contributed by atoms with Crippen molar-refractivity contribution in [3.8, 4) is 11.8 Å². The van der Waals surface area contributed by atoms with Gasteiger partial charge in [0.25, 0.3) is 0 Å². The maximum absolute atomic E-state index is 9.80. The molecule has 5 saturated carbocycles. The van der Waals surface area contributed by atoms with Gasteiger partial charge in [0.1, 0.15) is 23.2 Å². The highest BCUT2D eigenvalue weighted by Crippen LogP contribution is 2.60. The molecule has 0 saturated heterocycles. The molecule has 5 fully saturated rings. The van der Waals surface area contributed by atoms with Gasteiger partial charge in [-0.1, -0.05) is 38.4 Å². The van der Waals surface area contributed by atoms with Gasteiger partial charge in [0, 0.05) is 25.2 Å². The fourth-order valence-corrected chi connectivity index (χ4v) is 10.7. The zero-order chi connectivity index (χ0) is 33.4. The van der Waals surface area contributed by atoms with Crippen molar-refractivity contribution in [3.05, 3.63) is 40.5 Å². The van der Waals surface area contributed by atoms with Gasteiger partial charge < -0.3 is 25.5 Å². The smallest absolute Gasteiger partial charge is 0.224 e. The molecule has 1 heterocycles. The quantitative estimate of drug-likeness (QED) is 0.166. The number of benzene rings is 1. The monoisotopic (exact) mass is 678 g/mol. The number of nitriles is 1. The van der Waals surface area contributed by atoms with Crippen LogP contribution in [0.5, 0.6) is 5.75 Å². The second kappa shape index (κ2) is 13.9. The van der Waals surface area contributed by atoms with E-state index in [1.807, 2.05) is 6.07 Å². The van der Waals surface area contributed by atoms with Crippen molar-refractivity contribution >= 4 is 31.7 Å². The minimum atomic E-state index is -1.70. The van der Waals surface area contributed by atoms with Crippen LogP contribution in [0.2, 0.25) is 23.2 Å². The van der Waals surface area contributed by atoms with Crippen LogP contribution in [0.15, 0.2) is 24.4 Å². The van der Waals surface area contributed by atoms with Crippen molar-refractivity contribution in [2.24, 2.45) is 29.1 Å². The number of aromatic nitrogens is 2. The lowest BCUT2D eigenvalue weighted by molar-refractivity contribution is -0.0704. The molecule has 8 nitrogen and oxygen atoms in total. The van der Waals surface area contributed by atoms with Gasteiger partial charge in [0.05, 0.1) is 11.2 Å². The van der Waals surface area contributed by atoms with E-state index in [0.717, 1.165) is 42.3 Å². The predicted molar refractivity (Wildman–Crippen MR) is 192 cm³/mol. The van der Waals surface area contributed by atoms with Crippen molar-refractivity contribution in [1.82, 2.24) is 15.3 Å². The summed E-state index contributed by atoms with van der Waals surface area (Å²) >= 11 is 6.06. The molecule has 4 bridgehead atoms. The minimum absolute atomic E-state index is 0.0844. The van der Waals surface area contributed by atoms with Crippen LogP contribution in [-0.2, 0) is 10.8 Å². The molecule has 0 radical (unpaired) electrons. The van der Waals surface area contributed by atoms with Crippen LogP contribution < -0.4 is 16.0 Å². The fourth-order valence-electron chi connectivity index (χ4n) is 9.07. The third-order valence-electron chi connectivity index (χ3n) is 12.4. The summed E-state index contributed by atoms with van der Waals surface area (Å²) in [6.45, 7) is 14.4. The highest BCUT2D eigenvalue weighted by molar-refractivity contribution is 6.74. The Morgan fingerprint density at radius 3 is 2.47 bits per heavy atom. The largest absolute Gasteiger partial charge is 0.506 e. The lowest BCUT2D eigenvalue weighted by atomic mass is 9.48. The molecule has 5 aliphatic rings. The Morgan fingerprint density at radius 1 is 1.09 bits per heavy atom. The summed E-state index contributed by atoms with van der Waals surface area (Å²) in [4.78, 5) is 9.10. The van der Waals surface area contributed by atoms with E-state index < -0.39 is 8.32 Å². The Kier molecular flexibility index (Phi) is 10.2. The van der Waals surface area contributed by atoms with E-state index in [4.69, 9.17) is 21.0 Å². The maximum atomic E-state index is 9.80. The summed E-state index contributed by atoms with van der Waals surface area (Å²) in [5.41, 5.74) is 1.77. The van der Waals surface area contributed by atoms with E-state index in [9.17, 15) is 10.4 Å². The van der Waals surface area contributed by atoms with E-state index in [2.05, 4.69) is 60.9 Å². The summed E-state index contributed by atoms with van der Waals surface area (Å²) in [7, 11) is -1.70. The number of anilines is 2. The number of hydrogen-bond acceptors (Lipinski definition) is 8. The molecular formula is C37H55ClN6O2Si. The molecule has 3 unspecified atom stereocenters. The first-order chi connectivity index (χ1) is 22.3. The Balaban J connectivity index is 0.994. The van der Waals surface area contributed by atoms with Gasteiger partial charge in [-0.15, -0.1) is 0 Å². The Labute approximate surface area is 288 Å². The first-order valence-corrected chi connectivity index (χ1v) is 21.3. The zero-order valence-corrected chi connectivity index (χ0v) is 30.8. The molecule has 4 N–H and O–H groups in total. The van der Waals surface area contributed by atoms with Gasteiger partial charge in [-0.3, -0.25) is 0 Å². The van der Waals surface area contributed by atoms with Crippen LogP contribution >= 0.6 is 11.6 Å². The lowest BCUT2D eigenvalue weighted by Gasteiger charge is -2.60. The van der Waals surface area contributed by atoms with Crippen molar-refractivity contribution in [2.75, 3.05) is 30.3 Å². The number of phenolic OH excluding ortho intramolecular Hbond substituents is 1. The number of nitrogens with one attached hydrogen (secondary N) is 3. The minimum Gasteiger partial charge on any atom is -0.506 e. The van der Waals surface area contributed by atoms with E-state index in [1.54, 1.807) is 18.3 Å². The summed E-state index contributed by atoms with van der Waals surface area (Å²) in [6, 6.07) is 8.17. The van der Waals surface area contributed by atoms with Crippen LogP contribution in [0.25, 0.3) is 0 Å². The first kappa shape index (κ1) is 34.5. The molecule has 1 aromatic carbocycles. The molecule has 5 aliphatic carbocycles. The predicted octanol–water partition coefficient (Wildman–Crippen LogP) is 8.14. The fraction of sp³-hybridized carbons (Fsp3) is 0.703. The highest BCUT2D eigenvalue weighted by Gasteiger charge is 2.55. The highest BCUT2D eigenvalue weighted by atomic mass is 35.5. The van der Waals surface area contributed by atoms with Crippen LogP contribution in [0.3, 0.4) is 0 Å². The number of rotatable bonds is 12. The van der Waals surface area contributed by atoms with Crippen molar-refractivity contribution < 1.29 is 9.53 Å². The van der Waals surface area contributed by atoms with Crippen LogP contribution in [0, 0.1) is 40.4 Å². The Morgan fingerprint density at radius 2 is 1.81 bits per heavy atom. The number of aromatic hydroxyl groups is 1. The molecule has 256 valence electrons. The number of halogens is 1. The van der Waals surface area contributed by atoms with E-state index in [0.29, 0.717) is 47.5 Å². The van der Waals surface area contributed by atoms with Crippen LogP contribution in [-0.4, -0.2) is 55.2 Å². The second-order valence-electron chi connectivity index (χ2n) is 16.8. The molecule has 47 heavy (non-hydrogen) atoms. The van der Waals surface area contributed by atoms with Gasteiger partial charge in [0.15, 0.2) is 8.32 Å². The van der Waals surface area contributed by atoms with Gasteiger partial charge in [-0.2, -0.15) is 10.2 Å². The van der Waals surface area contributed by atoms with E-state index in [-0.39, 0.29) is 16.2 Å². The van der Waals surface area contributed by atoms with Crippen molar-refractivity contribution in [2.45, 2.75) is 115 Å². The number of nitrogens with zero attached hydrogens (tertiary/aromatic N) is 3. The lowest BCUT2D eigenvalue weighted by Crippen LogP contribution is -2.60. The molecular weight excluding hydrogens is 624 g/mol. The van der Waals surface area contributed by atoms with Gasteiger partial charge in [0.2, 0.25) is 5.95 Å². The molecule has 0 aliphatic heterocycles. The zero-order valence-electron chi connectivity index (χ0n) is 29.0. The average molecular weight is 679 g/mol. The van der Waals surface area contributed by atoms with Crippen molar-refractivity contribution in [1.29, 1.82) is 5.26 Å². The molecule has 10 heteroatoms. The van der Waals surface area contributed by atoms with E-state index >= 15 is 0 Å². The third-order valence-corrected chi connectivity index (χ3v) is 17.2. The SMILES string of the molecule is CC(C)(C)[Si](C)(C)OC1CCC(CNC2[C@@H]3CC4C[C@H]2CC(CNc2nc(NCCc5ccc(O)c(Cl)c5)ncc2C#N)(C4)C3)CC1. The topological polar surface area (TPSA) is 115 Å². The van der Waals surface area contributed by atoms with Crippen LogP contribution in [0.4, 0.5) is 11.8 Å². The van der Waals surface area contributed by atoms with Crippen molar-refractivity contribution in [3.63, 3.8) is 0 Å².